The largest absolute Gasteiger partial charge is 0.387 e. The molecule has 23 heavy (non-hydrogen) atoms. The molecular weight excluding hydrogens is 320 g/mol. The first-order valence-electron chi connectivity index (χ1n) is 6.87. The SMILES string of the molecule is OC(CSc1nncn1-c1ccccc1)c1c(F)cccc1F. The Morgan fingerprint density at radius 2 is 1.74 bits per heavy atom. The molecule has 0 saturated heterocycles. The van der Waals surface area contributed by atoms with Crippen molar-refractivity contribution < 1.29 is 13.9 Å². The highest BCUT2D eigenvalue weighted by atomic mass is 32.2. The molecule has 0 fully saturated rings. The Morgan fingerprint density at radius 1 is 1.04 bits per heavy atom. The third-order valence-electron chi connectivity index (χ3n) is 3.25. The van der Waals surface area contributed by atoms with Crippen LogP contribution in [0.2, 0.25) is 0 Å². The minimum atomic E-state index is -1.28. The van der Waals surface area contributed by atoms with Gasteiger partial charge in [0.25, 0.3) is 0 Å². The summed E-state index contributed by atoms with van der Waals surface area (Å²) >= 11 is 1.17. The molecule has 0 radical (unpaired) electrons. The van der Waals surface area contributed by atoms with E-state index in [9.17, 15) is 13.9 Å². The van der Waals surface area contributed by atoms with Crippen molar-refractivity contribution in [2.45, 2.75) is 11.3 Å². The van der Waals surface area contributed by atoms with Gasteiger partial charge in [-0.2, -0.15) is 0 Å². The van der Waals surface area contributed by atoms with Crippen molar-refractivity contribution in [3.05, 3.63) is 72.1 Å². The van der Waals surface area contributed by atoms with E-state index in [1.54, 1.807) is 10.9 Å². The second kappa shape index (κ2) is 6.89. The van der Waals surface area contributed by atoms with E-state index in [0.29, 0.717) is 5.16 Å². The molecule has 0 bridgehead atoms. The minimum absolute atomic E-state index is 0.0589. The highest BCUT2D eigenvalue weighted by molar-refractivity contribution is 7.99. The predicted octanol–water partition coefficient (Wildman–Crippen LogP) is 3.37. The lowest BCUT2D eigenvalue weighted by atomic mass is 10.1. The highest BCUT2D eigenvalue weighted by Gasteiger charge is 2.19. The van der Waals surface area contributed by atoms with Crippen LogP contribution < -0.4 is 0 Å². The van der Waals surface area contributed by atoms with Crippen LogP contribution in [0.5, 0.6) is 0 Å². The van der Waals surface area contributed by atoms with E-state index < -0.39 is 17.7 Å². The predicted molar refractivity (Wildman–Crippen MR) is 83.4 cm³/mol. The Balaban J connectivity index is 1.76. The lowest BCUT2D eigenvalue weighted by molar-refractivity contribution is 0.193. The molecule has 3 aromatic rings. The third-order valence-corrected chi connectivity index (χ3v) is 4.27. The van der Waals surface area contributed by atoms with E-state index in [1.165, 1.54) is 17.8 Å². The molecule has 1 N–H and O–H groups in total. The quantitative estimate of drug-likeness (QED) is 0.727. The van der Waals surface area contributed by atoms with Gasteiger partial charge in [0, 0.05) is 11.4 Å². The zero-order chi connectivity index (χ0) is 16.2. The van der Waals surface area contributed by atoms with E-state index in [0.717, 1.165) is 17.8 Å². The maximum atomic E-state index is 13.7. The van der Waals surface area contributed by atoms with Gasteiger partial charge in [0.05, 0.1) is 11.7 Å². The van der Waals surface area contributed by atoms with Crippen molar-refractivity contribution in [1.29, 1.82) is 0 Å². The first kappa shape index (κ1) is 15.6. The maximum absolute atomic E-state index is 13.7. The van der Waals surface area contributed by atoms with Crippen LogP contribution in [0.1, 0.15) is 11.7 Å². The molecule has 4 nitrogen and oxygen atoms in total. The smallest absolute Gasteiger partial charge is 0.195 e. The van der Waals surface area contributed by atoms with E-state index >= 15 is 0 Å². The molecule has 0 aliphatic rings. The van der Waals surface area contributed by atoms with Gasteiger partial charge in [-0.3, -0.25) is 4.57 Å². The Kier molecular flexibility index (Phi) is 4.68. The molecular formula is C16H13F2N3OS. The van der Waals surface area contributed by atoms with Crippen LogP contribution in [0.4, 0.5) is 8.78 Å². The van der Waals surface area contributed by atoms with Crippen molar-refractivity contribution >= 4 is 11.8 Å². The Bertz CT molecular complexity index is 775. The molecule has 0 spiro atoms. The number of benzene rings is 2. The fourth-order valence-corrected chi connectivity index (χ4v) is 3.02. The first-order valence-corrected chi connectivity index (χ1v) is 7.85. The van der Waals surface area contributed by atoms with Gasteiger partial charge < -0.3 is 5.11 Å². The second-order valence-electron chi connectivity index (χ2n) is 4.78. The van der Waals surface area contributed by atoms with E-state index in [-0.39, 0.29) is 11.3 Å². The van der Waals surface area contributed by atoms with Crippen LogP contribution in [-0.2, 0) is 0 Å². The van der Waals surface area contributed by atoms with E-state index in [4.69, 9.17) is 0 Å². The molecule has 0 saturated carbocycles. The number of hydrogen-bond acceptors (Lipinski definition) is 4. The van der Waals surface area contributed by atoms with Crippen LogP contribution in [-0.4, -0.2) is 25.6 Å². The van der Waals surface area contributed by atoms with Gasteiger partial charge in [0.15, 0.2) is 5.16 Å². The van der Waals surface area contributed by atoms with Gasteiger partial charge in [0.1, 0.15) is 18.0 Å². The third kappa shape index (κ3) is 3.40. The molecule has 0 aliphatic carbocycles. The number of nitrogens with zero attached hydrogens (tertiary/aromatic N) is 3. The van der Waals surface area contributed by atoms with Gasteiger partial charge in [-0.25, -0.2) is 8.78 Å². The maximum Gasteiger partial charge on any atom is 0.195 e. The summed E-state index contributed by atoms with van der Waals surface area (Å²) in [6.07, 6.45) is 0.274. The summed E-state index contributed by atoms with van der Waals surface area (Å²) in [4.78, 5) is 0. The molecule has 1 aromatic heterocycles. The standard InChI is InChI=1S/C16H13F2N3OS/c17-12-7-4-8-13(18)15(12)14(22)9-23-16-20-19-10-21(16)11-5-2-1-3-6-11/h1-8,10,14,22H,9H2. The van der Waals surface area contributed by atoms with Gasteiger partial charge in [-0.05, 0) is 24.3 Å². The lowest BCUT2D eigenvalue weighted by Gasteiger charge is -2.12. The fraction of sp³-hybridized carbons (Fsp3) is 0.125. The summed E-state index contributed by atoms with van der Waals surface area (Å²) in [7, 11) is 0. The van der Waals surface area contributed by atoms with Gasteiger partial charge in [0.2, 0.25) is 0 Å². The van der Waals surface area contributed by atoms with Crippen molar-refractivity contribution in [1.82, 2.24) is 14.8 Å². The lowest BCUT2D eigenvalue weighted by Crippen LogP contribution is -2.07. The number of aliphatic hydroxyl groups excluding tert-OH is 1. The summed E-state index contributed by atoms with van der Waals surface area (Å²) in [5.41, 5.74) is 0.539. The summed E-state index contributed by atoms with van der Waals surface area (Å²) in [6, 6.07) is 12.9. The average Bonchev–Trinajstić information content (AvgIpc) is 3.02. The summed E-state index contributed by atoms with van der Waals surface area (Å²) < 4.78 is 29.1. The number of para-hydroxylation sites is 1. The zero-order valence-corrected chi connectivity index (χ0v) is 12.8. The number of rotatable bonds is 5. The highest BCUT2D eigenvalue weighted by Crippen LogP contribution is 2.27. The molecule has 0 amide bonds. The number of aliphatic hydroxyl groups is 1. The number of aromatic nitrogens is 3. The Morgan fingerprint density at radius 3 is 2.43 bits per heavy atom. The molecule has 0 aliphatic heterocycles. The molecule has 1 heterocycles. The fourth-order valence-electron chi connectivity index (χ4n) is 2.15. The average molecular weight is 333 g/mol. The molecule has 1 unspecified atom stereocenters. The second-order valence-corrected chi connectivity index (χ2v) is 5.77. The summed E-state index contributed by atoms with van der Waals surface area (Å²) in [5, 5.41) is 18.4. The van der Waals surface area contributed by atoms with Crippen LogP contribution in [0.3, 0.4) is 0 Å². The number of thioether (sulfide) groups is 1. The molecule has 1 atom stereocenters. The van der Waals surface area contributed by atoms with Crippen LogP contribution in [0, 0.1) is 11.6 Å². The van der Waals surface area contributed by atoms with Gasteiger partial charge in [-0.15, -0.1) is 10.2 Å². The van der Waals surface area contributed by atoms with Crippen LogP contribution in [0.25, 0.3) is 5.69 Å². The topological polar surface area (TPSA) is 50.9 Å². The Hall–Kier alpha value is -2.25. The monoisotopic (exact) mass is 333 g/mol. The van der Waals surface area contributed by atoms with Crippen molar-refractivity contribution in [3.63, 3.8) is 0 Å². The summed E-state index contributed by atoms with van der Waals surface area (Å²) in [6.45, 7) is 0. The molecule has 118 valence electrons. The van der Waals surface area contributed by atoms with Crippen LogP contribution in [0.15, 0.2) is 60.0 Å². The first-order chi connectivity index (χ1) is 11.2. The van der Waals surface area contributed by atoms with Crippen molar-refractivity contribution in [2.75, 3.05) is 5.75 Å². The van der Waals surface area contributed by atoms with E-state index in [1.807, 2.05) is 30.3 Å². The molecule has 2 aromatic carbocycles. The zero-order valence-electron chi connectivity index (χ0n) is 11.9. The van der Waals surface area contributed by atoms with Crippen molar-refractivity contribution in [3.8, 4) is 5.69 Å². The Labute approximate surface area is 135 Å². The number of hydrogen-bond donors (Lipinski definition) is 1. The normalized spacial score (nSPS) is 12.3. The number of halogens is 2. The van der Waals surface area contributed by atoms with Gasteiger partial charge >= 0.3 is 0 Å². The minimum Gasteiger partial charge on any atom is -0.387 e. The summed E-state index contributed by atoms with van der Waals surface area (Å²) in [5.74, 6) is -1.46. The van der Waals surface area contributed by atoms with Crippen molar-refractivity contribution in [2.24, 2.45) is 0 Å². The van der Waals surface area contributed by atoms with Gasteiger partial charge in [-0.1, -0.05) is 36.0 Å². The van der Waals surface area contributed by atoms with Crippen LogP contribution >= 0.6 is 11.8 Å². The molecule has 3 rings (SSSR count). The molecule has 7 heteroatoms. The van der Waals surface area contributed by atoms with E-state index in [2.05, 4.69) is 10.2 Å².